The molecule has 1 aliphatic carbocycles. The summed E-state index contributed by atoms with van der Waals surface area (Å²) >= 11 is 14.7. The van der Waals surface area contributed by atoms with Crippen LogP contribution in [0.25, 0.3) is 0 Å². The van der Waals surface area contributed by atoms with Gasteiger partial charge in [-0.2, -0.15) is 0 Å². The molecule has 0 aromatic heterocycles. The van der Waals surface area contributed by atoms with Crippen LogP contribution in [0.5, 0.6) is 0 Å². The van der Waals surface area contributed by atoms with Crippen molar-refractivity contribution in [3.8, 4) is 0 Å². The van der Waals surface area contributed by atoms with Crippen molar-refractivity contribution in [2.75, 3.05) is 0 Å². The van der Waals surface area contributed by atoms with E-state index in [0.717, 1.165) is 17.9 Å². The van der Waals surface area contributed by atoms with Crippen LogP contribution in [0.2, 0.25) is 0 Å². The van der Waals surface area contributed by atoms with Crippen molar-refractivity contribution in [3.05, 3.63) is 132 Å². The maximum absolute atomic E-state index is 3.67. The number of hydrogen-bond donors (Lipinski definition) is 0. The lowest BCUT2D eigenvalue weighted by Crippen LogP contribution is -1.90. The monoisotopic (exact) mass is 616 g/mol. The third kappa shape index (κ3) is 3.15. The van der Waals surface area contributed by atoms with Crippen molar-refractivity contribution in [1.29, 1.82) is 0 Å². The first kappa shape index (κ1) is 18.8. The van der Waals surface area contributed by atoms with Crippen LogP contribution in [-0.2, 0) is 0 Å². The van der Waals surface area contributed by atoms with Gasteiger partial charge in [0, 0.05) is 17.9 Å². The highest BCUT2D eigenvalue weighted by atomic mass is 79.9. The summed E-state index contributed by atoms with van der Waals surface area (Å²) in [6, 6.07) is 26.2. The molecule has 4 aromatic rings. The molecular formula is C24H12Br4. The Bertz CT molecular complexity index is 1410. The van der Waals surface area contributed by atoms with Crippen molar-refractivity contribution in [3.63, 3.8) is 0 Å². The maximum Gasteiger partial charge on any atom is 0.0181 e. The SMILES string of the molecule is Brc1ccc2/c(c1)=c1/cc(Br)cc/c1=c1\ccc(Br)c\c1=c1/cc(Br)cc/c1=2. The van der Waals surface area contributed by atoms with E-state index >= 15 is 0 Å². The van der Waals surface area contributed by atoms with Gasteiger partial charge in [-0.25, -0.2) is 0 Å². The lowest BCUT2D eigenvalue weighted by atomic mass is 10.0. The molecule has 0 radical (unpaired) electrons. The van der Waals surface area contributed by atoms with Crippen LogP contribution in [0.3, 0.4) is 0 Å². The van der Waals surface area contributed by atoms with Crippen LogP contribution < -0.4 is 0 Å². The molecule has 0 aliphatic heterocycles. The van der Waals surface area contributed by atoms with Gasteiger partial charge in [0.05, 0.1) is 0 Å². The summed E-state index contributed by atoms with van der Waals surface area (Å²) in [5.74, 6) is 0. The van der Waals surface area contributed by atoms with E-state index in [2.05, 4.69) is 137 Å². The van der Waals surface area contributed by atoms with Gasteiger partial charge in [0.15, 0.2) is 0 Å². The molecule has 4 aromatic carbocycles. The first-order chi connectivity index (χ1) is 13.5. The molecule has 1 aliphatic rings. The Morgan fingerprint density at radius 3 is 0.714 bits per heavy atom. The van der Waals surface area contributed by atoms with Crippen molar-refractivity contribution in [2.24, 2.45) is 0 Å². The Kier molecular flexibility index (Phi) is 4.87. The Labute approximate surface area is 194 Å². The Morgan fingerprint density at radius 2 is 0.500 bits per heavy atom. The molecule has 28 heavy (non-hydrogen) atoms. The first-order valence-corrected chi connectivity index (χ1v) is 11.9. The second-order valence-electron chi connectivity index (χ2n) is 6.76. The molecule has 0 amide bonds. The van der Waals surface area contributed by atoms with Crippen LogP contribution in [0.4, 0.5) is 0 Å². The third-order valence-corrected chi connectivity index (χ3v) is 7.06. The van der Waals surface area contributed by atoms with E-state index < -0.39 is 0 Å². The molecule has 0 heterocycles. The van der Waals surface area contributed by atoms with Gasteiger partial charge < -0.3 is 0 Å². The van der Waals surface area contributed by atoms with Crippen molar-refractivity contribution >= 4 is 63.7 Å². The molecule has 0 N–H and O–H groups in total. The number of rotatable bonds is 0. The fourth-order valence-corrected chi connectivity index (χ4v) is 5.34. The van der Waals surface area contributed by atoms with Gasteiger partial charge in [-0.1, -0.05) is 88.0 Å². The van der Waals surface area contributed by atoms with E-state index in [1.807, 2.05) is 0 Å². The molecular weight excluding hydrogens is 608 g/mol. The molecule has 0 unspecified atom stereocenters. The zero-order chi connectivity index (χ0) is 19.4. The van der Waals surface area contributed by atoms with Gasteiger partial charge in [-0.15, -0.1) is 0 Å². The normalized spacial score (nSPS) is 16.7. The summed E-state index contributed by atoms with van der Waals surface area (Å²) in [4.78, 5) is 0. The number of halogens is 4. The Hall–Kier alpha value is -1.20. The summed E-state index contributed by atoms with van der Waals surface area (Å²) in [5, 5.41) is 9.83. The smallest absolute Gasteiger partial charge is 0.0181 e. The molecule has 0 bridgehead atoms. The predicted molar refractivity (Wildman–Crippen MR) is 127 cm³/mol. The largest absolute Gasteiger partial charge is 0.0526 e. The number of hydrogen-bond acceptors (Lipinski definition) is 0. The first-order valence-electron chi connectivity index (χ1n) is 8.71. The minimum atomic E-state index is 1.08. The predicted octanol–water partition coefficient (Wildman–Crippen LogP) is 8.20. The molecule has 0 fully saturated rings. The molecule has 136 valence electrons. The van der Waals surface area contributed by atoms with Gasteiger partial charge in [-0.3, -0.25) is 0 Å². The van der Waals surface area contributed by atoms with Crippen molar-refractivity contribution in [2.45, 2.75) is 0 Å². The lowest BCUT2D eigenvalue weighted by molar-refractivity contribution is 1.27. The molecule has 0 saturated heterocycles. The summed E-state index contributed by atoms with van der Waals surface area (Å²) in [5.41, 5.74) is 0. The van der Waals surface area contributed by atoms with Crippen LogP contribution in [0.15, 0.2) is 90.7 Å². The molecule has 0 nitrogen and oxygen atoms in total. The molecule has 0 atom stereocenters. The lowest BCUT2D eigenvalue weighted by Gasteiger charge is -2.05. The molecule has 0 saturated carbocycles. The standard InChI is InChI=1S/C24H12Br4/c25-13-1-5-17-18-6-2-14(26)10-22(18)24-12-16(28)4-8-20(24)19-7-3-15(27)11-23(19)21(17)9-13/h1-12H/b18-17-,20-19-,23-21-,24-22-. The van der Waals surface area contributed by atoms with E-state index in [9.17, 15) is 0 Å². The maximum atomic E-state index is 3.67. The highest BCUT2D eigenvalue weighted by molar-refractivity contribution is 9.11. The van der Waals surface area contributed by atoms with Gasteiger partial charge in [0.25, 0.3) is 0 Å². The van der Waals surface area contributed by atoms with Gasteiger partial charge >= 0.3 is 0 Å². The highest BCUT2D eigenvalue weighted by Crippen LogP contribution is 2.21. The van der Waals surface area contributed by atoms with Crippen LogP contribution in [-0.4, -0.2) is 0 Å². The molecule has 4 heteroatoms. The van der Waals surface area contributed by atoms with E-state index in [-0.39, 0.29) is 0 Å². The molecule has 0 spiro atoms. The van der Waals surface area contributed by atoms with Crippen LogP contribution >= 0.6 is 63.7 Å². The quantitative estimate of drug-likeness (QED) is 0.164. The fourth-order valence-electron chi connectivity index (χ4n) is 3.90. The third-order valence-electron chi connectivity index (χ3n) is 5.09. The number of benzene rings is 4. The zero-order valence-electron chi connectivity index (χ0n) is 14.4. The Morgan fingerprint density at radius 1 is 0.286 bits per heavy atom. The second kappa shape index (κ2) is 7.24. The van der Waals surface area contributed by atoms with E-state index in [1.54, 1.807) is 0 Å². The second-order valence-corrected chi connectivity index (χ2v) is 10.4. The van der Waals surface area contributed by atoms with Gasteiger partial charge in [0.2, 0.25) is 0 Å². The topological polar surface area (TPSA) is 0 Å². The van der Waals surface area contributed by atoms with Crippen molar-refractivity contribution in [1.82, 2.24) is 0 Å². The average Bonchev–Trinajstić information content (AvgIpc) is 2.67. The minimum absolute atomic E-state index is 1.08. The zero-order valence-corrected chi connectivity index (χ0v) is 20.8. The number of fused-ring (bicyclic) bond motifs is 4. The summed E-state index contributed by atoms with van der Waals surface area (Å²) < 4.78 is 4.31. The van der Waals surface area contributed by atoms with E-state index in [0.29, 0.717) is 0 Å². The van der Waals surface area contributed by atoms with E-state index in [4.69, 9.17) is 0 Å². The highest BCUT2D eigenvalue weighted by Gasteiger charge is 2.03. The van der Waals surface area contributed by atoms with Gasteiger partial charge in [0.1, 0.15) is 0 Å². The average molecular weight is 620 g/mol. The summed E-state index contributed by atoms with van der Waals surface area (Å²) in [6.07, 6.45) is 0. The van der Waals surface area contributed by atoms with Crippen molar-refractivity contribution < 1.29 is 0 Å². The molecule has 5 rings (SSSR count). The van der Waals surface area contributed by atoms with E-state index in [1.165, 1.54) is 41.7 Å². The summed E-state index contributed by atoms with van der Waals surface area (Å²) in [6.45, 7) is 0. The minimum Gasteiger partial charge on any atom is -0.0526 e. The fraction of sp³-hybridized carbons (Fsp3) is 0. The Balaban J connectivity index is 2.42. The van der Waals surface area contributed by atoms with Gasteiger partial charge in [-0.05, 0) is 90.3 Å². The summed E-state index contributed by atoms with van der Waals surface area (Å²) in [7, 11) is 0. The van der Waals surface area contributed by atoms with Crippen LogP contribution in [0, 0.1) is 41.7 Å². The van der Waals surface area contributed by atoms with Crippen LogP contribution in [0.1, 0.15) is 0 Å².